The maximum absolute atomic E-state index is 11.7. The van der Waals surface area contributed by atoms with Crippen LogP contribution in [0.2, 0.25) is 0 Å². The molecule has 0 aliphatic rings. The van der Waals surface area contributed by atoms with Crippen LogP contribution in [0.1, 0.15) is 5.69 Å². The molecule has 0 fully saturated rings. The number of methoxy groups -OCH3 is 1. The minimum atomic E-state index is 0.0624. The molecular weight excluding hydrogens is 334 g/mol. The van der Waals surface area contributed by atoms with Gasteiger partial charge in [-0.3, -0.25) is 4.79 Å². The number of para-hydroxylation sites is 2. The summed E-state index contributed by atoms with van der Waals surface area (Å²) >= 11 is 2.72. The van der Waals surface area contributed by atoms with Gasteiger partial charge in [-0.1, -0.05) is 35.2 Å². The second-order valence-corrected chi connectivity index (χ2v) is 6.57. The van der Waals surface area contributed by atoms with Gasteiger partial charge < -0.3 is 9.30 Å². The molecule has 2 aromatic heterocycles. The molecule has 0 unspecified atom stereocenters. The summed E-state index contributed by atoms with van der Waals surface area (Å²) in [5, 5.41) is 14.4. The first-order valence-electron chi connectivity index (χ1n) is 6.90. The lowest BCUT2D eigenvalue weighted by Gasteiger charge is -2.09. The highest BCUT2D eigenvalue weighted by molar-refractivity contribution is 7.99. The number of thioether (sulfide) groups is 1. The van der Waals surface area contributed by atoms with Gasteiger partial charge in [-0.05, 0) is 29.5 Å². The molecule has 3 aromatic rings. The van der Waals surface area contributed by atoms with Crippen LogP contribution in [0.25, 0.3) is 5.69 Å². The number of rotatable bonds is 6. The standard InChI is InChI=1S/C14H15N5O2S2/c1-10-9-23-14(20)18(10)7-8-22-13-15-16-17-19(13)11-5-3-4-6-12(11)21-2/h3-6,9H,7-8H2,1-2H3. The van der Waals surface area contributed by atoms with Gasteiger partial charge in [0, 0.05) is 23.4 Å². The Labute approximate surface area is 140 Å². The first-order chi connectivity index (χ1) is 11.2. The van der Waals surface area contributed by atoms with Crippen molar-refractivity contribution < 1.29 is 4.74 Å². The van der Waals surface area contributed by atoms with E-state index in [0.717, 1.165) is 11.4 Å². The van der Waals surface area contributed by atoms with Crippen LogP contribution in [-0.2, 0) is 6.54 Å². The number of nitrogens with zero attached hydrogens (tertiary/aromatic N) is 5. The molecule has 1 aromatic carbocycles. The van der Waals surface area contributed by atoms with Crippen molar-refractivity contribution in [2.45, 2.75) is 18.6 Å². The van der Waals surface area contributed by atoms with Gasteiger partial charge in [-0.15, -0.1) is 5.10 Å². The molecule has 0 aliphatic carbocycles. The molecule has 0 saturated carbocycles. The van der Waals surface area contributed by atoms with E-state index in [-0.39, 0.29) is 4.87 Å². The fraction of sp³-hybridized carbons (Fsp3) is 0.286. The van der Waals surface area contributed by atoms with E-state index in [1.807, 2.05) is 36.6 Å². The highest BCUT2D eigenvalue weighted by atomic mass is 32.2. The van der Waals surface area contributed by atoms with E-state index in [4.69, 9.17) is 4.74 Å². The number of tetrazole rings is 1. The molecule has 3 rings (SSSR count). The minimum Gasteiger partial charge on any atom is -0.494 e. The van der Waals surface area contributed by atoms with Gasteiger partial charge in [0.05, 0.1) is 7.11 Å². The van der Waals surface area contributed by atoms with Crippen LogP contribution >= 0.6 is 23.1 Å². The molecule has 7 nitrogen and oxygen atoms in total. The van der Waals surface area contributed by atoms with E-state index in [1.54, 1.807) is 16.4 Å². The molecular formula is C14H15N5O2S2. The maximum Gasteiger partial charge on any atom is 0.307 e. The van der Waals surface area contributed by atoms with Crippen molar-refractivity contribution in [3.8, 4) is 11.4 Å². The number of hydrogen-bond donors (Lipinski definition) is 0. The number of aryl methyl sites for hydroxylation is 1. The number of benzene rings is 1. The normalized spacial score (nSPS) is 10.9. The van der Waals surface area contributed by atoms with Crippen LogP contribution in [0.5, 0.6) is 5.75 Å². The van der Waals surface area contributed by atoms with E-state index in [0.29, 0.717) is 23.2 Å². The molecule has 9 heteroatoms. The Morgan fingerprint density at radius 2 is 2.17 bits per heavy atom. The second-order valence-electron chi connectivity index (χ2n) is 4.69. The Bertz CT molecular complexity index is 855. The molecule has 0 N–H and O–H groups in total. The molecule has 0 atom stereocenters. The molecule has 0 radical (unpaired) electrons. The zero-order valence-electron chi connectivity index (χ0n) is 12.7. The summed E-state index contributed by atoms with van der Waals surface area (Å²) in [5.74, 6) is 1.40. The third-order valence-corrected chi connectivity index (χ3v) is 5.06. The third kappa shape index (κ3) is 3.30. The van der Waals surface area contributed by atoms with Gasteiger partial charge in [0.2, 0.25) is 5.16 Å². The Kier molecular flexibility index (Phi) is 4.77. The Hall–Kier alpha value is -2.13. The van der Waals surface area contributed by atoms with E-state index >= 15 is 0 Å². The van der Waals surface area contributed by atoms with Gasteiger partial charge >= 0.3 is 4.87 Å². The second kappa shape index (κ2) is 6.97. The largest absolute Gasteiger partial charge is 0.494 e. The molecule has 0 saturated heterocycles. The van der Waals surface area contributed by atoms with E-state index in [9.17, 15) is 4.79 Å². The van der Waals surface area contributed by atoms with Crippen molar-refractivity contribution in [2.75, 3.05) is 12.9 Å². The van der Waals surface area contributed by atoms with Crippen molar-refractivity contribution in [2.24, 2.45) is 0 Å². The summed E-state index contributed by atoms with van der Waals surface area (Å²) in [4.78, 5) is 11.8. The summed E-state index contributed by atoms with van der Waals surface area (Å²) in [7, 11) is 1.61. The molecule has 0 bridgehead atoms. The zero-order valence-corrected chi connectivity index (χ0v) is 14.3. The summed E-state index contributed by atoms with van der Waals surface area (Å²) in [6.07, 6.45) is 0. The number of aromatic nitrogens is 5. The minimum absolute atomic E-state index is 0.0624. The average molecular weight is 349 g/mol. The monoisotopic (exact) mass is 349 g/mol. The first kappa shape index (κ1) is 15.8. The molecule has 0 aliphatic heterocycles. The number of hydrogen-bond acceptors (Lipinski definition) is 7. The van der Waals surface area contributed by atoms with E-state index in [2.05, 4.69) is 15.5 Å². The van der Waals surface area contributed by atoms with Gasteiger partial charge in [0.15, 0.2) is 0 Å². The van der Waals surface area contributed by atoms with E-state index < -0.39 is 0 Å². The smallest absolute Gasteiger partial charge is 0.307 e. The number of ether oxygens (including phenoxy) is 1. The van der Waals surface area contributed by atoms with E-state index in [1.165, 1.54) is 23.1 Å². The Morgan fingerprint density at radius 3 is 2.91 bits per heavy atom. The van der Waals surface area contributed by atoms with Crippen LogP contribution in [-0.4, -0.2) is 37.6 Å². The zero-order chi connectivity index (χ0) is 16.2. The first-order valence-corrected chi connectivity index (χ1v) is 8.76. The average Bonchev–Trinajstić information content (AvgIpc) is 3.16. The Balaban J connectivity index is 1.76. The van der Waals surface area contributed by atoms with Crippen molar-refractivity contribution in [3.05, 3.63) is 45.0 Å². The molecule has 0 spiro atoms. The highest BCUT2D eigenvalue weighted by Crippen LogP contribution is 2.25. The summed E-state index contributed by atoms with van der Waals surface area (Å²) in [5.41, 5.74) is 1.76. The predicted octanol–water partition coefficient (Wildman–Crippen LogP) is 1.99. The highest BCUT2D eigenvalue weighted by Gasteiger charge is 2.13. The van der Waals surface area contributed by atoms with Gasteiger partial charge in [-0.2, -0.15) is 4.68 Å². The van der Waals surface area contributed by atoms with Crippen molar-refractivity contribution in [1.82, 2.24) is 24.8 Å². The maximum atomic E-state index is 11.7. The quantitative estimate of drug-likeness (QED) is 0.634. The van der Waals surface area contributed by atoms with Crippen molar-refractivity contribution in [1.29, 1.82) is 0 Å². The lowest BCUT2D eigenvalue weighted by molar-refractivity contribution is 0.410. The molecule has 23 heavy (non-hydrogen) atoms. The Morgan fingerprint density at radius 1 is 1.35 bits per heavy atom. The predicted molar refractivity (Wildman–Crippen MR) is 89.7 cm³/mol. The van der Waals surface area contributed by atoms with Crippen molar-refractivity contribution >= 4 is 23.1 Å². The van der Waals surface area contributed by atoms with Crippen LogP contribution in [0.3, 0.4) is 0 Å². The fourth-order valence-corrected chi connectivity index (χ4v) is 3.70. The molecule has 120 valence electrons. The van der Waals surface area contributed by atoms with Gasteiger partial charge in [0.1, 0.15) is 11.4 Å². The van der Waals surface area contributed by atoms with Crippen LogP contribution < -0.4 is 9.61 Å². The lowest BCUT2D eigenvalue weighted by Crippen LogP contribution is -2.16. The summed E-state index contributed by atoms with van der Waals surface area (Å²) in [6, 6.07) is 7.56. The van der Waals surface area contributed by atoms with Crippen molar-refractivity contribution in [3.63, 3.8) is 0 Å². The summed E-state index contributed by atoms with van der Waals surface area (Å²) in [6.45, 7) is 2.55. The fourth-order valence-electron chi connectivity index (χ4n) is 2.13. The van der Waals surface area contributed by atoms with Crippen LogP contribution in [0.4, 0.5) is 0 Å². The van der Waals surface area contributed by atoms with Crippen LogP contribution in [0.15, 0.2) is 39.6 Å². The lowest BCUT2D eigenvalue weighted by atomic mass is 10.3. The number of thiazole rings is 1. The van der Waals surface area contributed by atoms with Gasteiger partial charge in [0.25, 0.3) is 0 Å². The summed E-state index contributed by atoms with van der Waals surface area (Å²) < 4.78 is 8.75. The SMILES string of the molecule is COc1ccccc1-n1nnnc1SCCn1c(C)csc1=O. The van der Waals surface area contributed by atoms with Crippen LogP contribution in [0, 0.1) is 6.92 Å². The molecule has 0 amide bonds. The van der Waals surface area contributed by atoms with Gasteiger partial charge in [-0.25, -0.2) is 0 Å². The topological polar surface area (TPSA) is 74.8 Å². The molecule has 2 heterocycles. The third-order valence-electron chi connectivity index (χ3n) is 3.28.